The number of amides is 1. The van der Waals surface area contributed by atoms with Crippen molar-refractivity contribution in [2.45, 2.75) is 44.4 Å². The van der Waals surface area contributed by atoms with E-state index in [4.69, 9.17) is 0 Å². The van der Waals surface area contributed by atoms with Gasteiger partial charge in [-0.1, -0.05) is 49.1 Å². The number of carbonyl (C=O) groups excluding carboxylic acids is 1. The molecule has 1 N–H and O–H groups in total. The van der Waals surface area contributed by atoms with Crippen molar-refractivity contribution >= 4 is 5.91 Å². The number of hydrogen-bond donors (Lipinski definition) is 1. The van der Waals surface area contributed by atoms with Gasteiger partial charge in [-0.3, -0.25) is 4.79 Å². The molecular weight excluding hydrogens is 260 g/mol. The third kappa shape index (κ3) is 2.84. The predicted octanol–water partition coefficient (Wildman–Crippen LogP) is 2.63. The zero-order valence-corrected chi connectivity index (χ0v) is 13.0. The van der Waals surface area contributed by atoms with Gasteiger partial charge in [0.2, 0.25) is 5.91 Å². The number of nitrogens with zero attached hydrogens (tertiary/aromatic N) is 1. The van der Waals surface area contributed by atoms with E-state index in [1.54, 1.807) is 0 Å². The molecule has 0 radical (unpaired) electrons. The zero-order valence-electron chi connectivity index (χ0n) is 13.0. The van der Waals surface area contributed by atoms with Gasteiger partial charge in [-0.15, -0.1) is 0 Å². The van der Waals surface area contributed by atoms with Crippen LogP contribution in [-0.4, -0.2) is 37.0 Å². The second kappa shape index (κ2) is 6.18. The Labute approximate surface area is 127 Å². The predicted molar refractivity (Wildman–Crippen MR) is 85.4 cm³/mol. The lowest BCUT2D eigenvalue weighted by Crippen LogP contribution is -2.54. The quantitative estimate of drug-likeness (QED) is 0.906. The van der Waals surface area contributed by atoms with Crippen molar-refractivity contribution in [3.05, 3.63) is 35.4 Å². The van der Waals surface area contributed by atoms with E-state index in [9.17, 15) is 4.79 Å². The van der Waals surface area contributed by atoms with Crippen molar-refractivity contribution in [2.24, 2.45) is 0 Å². The van der Waals surface area contributed by atoms with Crippen LogP contribution in [0.2, 0.25) is 0 Å². The molecule has 1 aromatic carbocycles. The molecule has 1 aliphatic carbocycles. The van der Waals surface area contributed by atoms with Crippen molar-refractivity contribution in [1.29, 1.82) is 0 Å². The maximum atomic E-state index is 13.3. The minimum Gasteiger partial charge on any atom is -0.339 e. The van der Waals surface area contributed by atoms with E-state index in [2.05, 4.69) is 41.4 Å². The van der Waals surface area contributed by atoms with Crippen LogP contribution in [0.5, 0.6) is 0 Å². The van der Waals surface area contributed by atoms with Crippen LogP contribution >= 0.6 is 0 Å². The first kappa shape index (κ1) is 14.6. The Morgan fingerprint density at radius 3 is 2.52 bits per heavy atom. The highest BCUT2D eigenvalue weighted by molar-refractivity contribution is 5.88. The van der Waals surface area contributed by atoms with E-state index in [0.29, 0.717) is 5.91 Å². The van der Waals surface area contributed by atoms with E-state index in [0.717, 1.165) is 39.0 Å². The average Bonchev–Trinajstić information content (AvgIpc) is 2.55. The molecule has 3 nitrogen and oxygen atoms in total. The standard InChI is InChI=1S/C18H26N2O/c1-15-6-5-7-16(14-15)18(8-3-2-4-9-18)17(21)20-12-10-19-11-13-20/h5-7,14,19H,2-4,8-13H2,1H3. The molecule has 1 saturated carbocycles. The molecule has 1 heterocycles. The molecule has 0 atom stereocenters. The molecule has 1 aromatic rings. The summed E-state index contributed by atoms with van der Waals surface area (Å²) in [6.45, 7) is 5.68. The molecule has 0 spiro atoms. The normalized spacial score (nSPS) is 22.0. The van der Waals surface area contributed by atoms with Crippen LogP contribution < -0.4 is 5.32 Å². The van der Waals surface area contributed by atoms with Crippen LogP contribution in [0.3, 0.4) is 0 Å². The van der Waals surface area contributed by atoms with E-state index in [1.807, 2.05) is 0 Å². The van der Waals surface area contributed by atoms with Crippen molar-refractivity contribution in [3.8, 4) is 0 Å². The third-order valence-electron chi connectivity index (χ3n) is 5.09. The SMILES string of the molecule is Cc1cccc(C2(C(=O)N3CCNCC3)CCCCC2)c1. The smallest absolute Gasteiger partial charge is 0.233 e. The van der Waals surface area contributed by atoms with Gasteiger partial charge in [-0.05, 0) is 25.3 Å². The third-order valence-corrected chi connectivity index (χ3v) is 5.09. The Kier molecular flexibility index (Phi) is 4.29. The van der Waals surface area contributed by atoms with Gasteiger partial charge < -0.3 is 10.2 Å². The summed E-state index contributed by atoms with van der Waals surface area (Å²) in [5.41, 5.74) is 2.23. The summed E-state index contributed by atoms with van der Waals surface area (Å²) in [7, 11) is 0. The van der Waals surface area contributed by atoms with E-state index < -0.39 is 0 Å². The summed E-state index contributed by atoms with van der Waals surface area (Å²) in [6.07, 6.45) is 5.64. The van der Waals surface area contributed by atoms with Gasteiger partial charge in [0, 0.05) is 26.2 Å². The first-order chi connectivity index (χ1) is 10.2. The number of aryl methyl sites for hydroxylation is 1. The maximum absolute atomic E-state index is 13.3. The van der Waals surface area contributed by atoms with Crippen LogP contribution in [0, 0.1) is 6.92 Å². The Morgan fingerprint density at radius 1 is 1.14 bits per heavy atom. The van der Waals surface area contributed by atoms with Gasteiger partial charge in [0.05, 0.1) is 5.41 Å². The Hall–Kier alpha value is -1.35. The second-order valence-electron chi connectivity index (χ2n) is 6.55. The first-order valence-corrected chi connectivity index (χ1v) is 8.30. The van der Waals surface area contributed by atoms with Crippen molar-refractivity contribution in [2.75, 3.05) is 26.2 Å². The highest BCUT2D eigenvalue weighted by atomic mass is 16.2. The molecule has 0 bridgehead atoms. The number of nitrogens with one attached hydrogen (secondary N) is 1. The minimum absolute atomic E-state index is 0.262. The van der Waals surface area contributed by atoms with Gasteiger partial charge in [0.25, 0.3) is 0 Å². The topological polar surface area (TPSA) is 32.3 Å². The van der Waals surface area contributed by atoms with Crippen molar-refractivity contribution in [1.82, 2.24) is 10.2 Å². The summed E-state index contributed by atoms with van der Waals surface area (Å²) in [5, 5.41) is 3.34. The molecule has 2 aliphatic rings. The molecule has 1 aliphatic heterocycles. The monoisotopic (exact) mass is 286 g/mol. The van der Waals surface area contributed by atoms with Gasteiger partial charge in [-0.2, -0.15) is 0 Å². The fourth-order valence-electron chi connectivity index (χ4n) is 3.89. The largest absolute Gasteiger partial charge is 0.339 e. The Bertz CT molecular complexity index is 500. The number of carbonyl (C=O) groups is 1. The Balaban J connectivity index is 1.94. The molecule has 114 valence electrons. The van der Waals surface area contributed by atoms with Gasteiger partial charge in [-0.25, -0.2) is 0 Å². The number of piperazine rings is 1. The Morgan fingerprint density at radius 2 is 1.86 bits per heavy atom. The fourth-order valence-corrected chi connectivity index (χ4v) is 3.89. The van der Waals surface area contributed by atoms with E-state index >= 15 is 0 Å². The lowest BCUT2D eigenvalue weighted by molar-refractivity contribution is -0.139. The molecule has 21 heavy (non-hydrogen) atoms. The van der Waals surface area contributed by atoms with E-state index in [-0.39, 0.29) is 5.41 Å². The van der Waals surface area contributed by atoms with Crippen LogP contribution in [0.25, 0.3) is 0 Å². The molecule has 3 heteroatoms. The molecule has 1 amide bonds. The van der Waals surface area contributed by atoms with Crippen LogP contribution in [-0.2, 0) is 10.2 Å². The summed E-state index contributed by atoms with van der Waals surface area (Å²) in [4.78, 5) is 15.4. The molecule has 1 saturated heterocycles. The highest BCUT2D eigenvalue weighted by Crippen LogP contribution is 2.41. The molecule has 0 unspecified atom stereocenters. The summed E-state index contributed by atoms with van der Waals surface area (Å²) in [6, 6.07) is 8.62. The lowest BCUT2D eigenvalue weighted by Gasteiger charge is -2.41. The molecular formula is C18H26N2O. The summed E-state index contributed by atoms with van der Waals surface area (Å²) >= 11 is 0. The number of rotatable bonds is 2. The second-order valence-corrected chi connectivity index (χ2v) is 6.55. The molecule has 0 aromatic heterocycles. The maximum Gasteiger partial charge on any atom is 0.233 e. The van der Waals surface area contributed by atoms with Gasteiger partial charge >= 0.3 is 0 Å². The minimum atomic E-state index is -0.262. The van der Waals surface area contributed by atoms with Crippen molar-refractivity contribution < 1.29 is 4.79 Å². The first-order valence-electron chi connectivity index (χ1n) is 8.30. The van der Waals surface area contributed by atoms with Crippen LogP contribution in [0.1, 0.15) is 43.2 Å². The van der Waals surface area contributed by atoms with Gasteiger partial charge in [0.15, 0.2) is 0 Å². The van der Waals surface area contributed by atoms with Crippen LogP contribution in [0.15, 0.2) is 24.3 Å². The number of hydrogen-bond acceptors (Lipinski definition) is 2. The summed E-state index contributed by atoms with van der Waals surface area (Å²) in [5.74, 6) is 0.370. The van der Waals surface area contributed by atoms with Crippen LogP contribution in [0.4, 0.5) is 0 Å². The fraction of sp³-hybridized carbons (Fsp3) is 0.611. The number of benzene rings is 1. The zero-order chi connectivity index (χ0) is 14.7. The van der Waals surface area contributed by atoms with Gasteiger partial charge in [0.1, 0.15) is 0 Å². The highest BCUT2D eigenvalue weighted by Gasteiger charge is 2.43. The molecule has 2 fully saturated rings. The average molecular weight is 286 g/mol. The lowest BCUT2D eigenvalue weighted by atomic mass is 9.68. The molecule has 3 rings (SSSR count). The van der Waals surface area contributed by atoms with Crippen molar-refractivity contribution in [3.63, 3.8) is 0 Å². The summed E-state index contributed by atoms with van der Waals surface area (Å²) < 4.78 is 0. The van der Waals surface area contributed by atoms with E-state index in [1.165, 1.54) is 30.4 Å².